The first-order chi connectivity index (χ1) is 6.35. The quantitative estimate of drug-likeness (QED) is 0.659. The Morgan fingerprint density at radius 3 is 2.23 bits per heavy atom. The Balaban J connectivity index is 1.90. The van der Waals surface area contributed by atoms with E-state index in [2.05, 4.69) is 24.3 Å². The predicted molar refractivity (Wildman–Crippen MR) is 54.4 cm³/mol. The van der Waals surface area contributed by atoms with E-state index in [1.54, 1.807) is 0 Å². The van der Waals surface area contributed by atoms with Gasteiger partial charge in [0.1, 0.15) is 0 Å². The van der Waals surface area contributed by atoms with Crippen LogP contribution in [0.4, 0.5) is 0 Å². The lowest BCUT2D eigenvalue weighted by Crippen LogP contribution is -2.24. The molecule has 0 aliphatic heterocycles. The van der Waals surface area contributed by atoms with Crippen LogP contribution in [0, 0.1) is 11.3 Å². The first kappa shape index (κ1) is 9.01. The molecule has 0 saturated heterocycles. The van der Waals surface area contributed by atoms with E-state index in [-0.39, 0.29) is 5.41 Å². The van der Waals surface area contributed by atoms with Crippen molar-refractivity contribution in [1.82, 2.24) is 0 Å². The van der Waals surface area contributed by atoms with E-state index in [1.165, 1.54) is 19.3 Å². The number of allylic oxidation sites excluding steroid dienone is 4. The molecule has 2 aliphatic carbocycles. The fraction of sp³-hybridized carbons (Fsp3) is 0.667. The summed E-state index contributed by atoms with van der Waals surface area (Å²) in [7, 11) is 0. The molecule has 0 atom stereocenters. The number of rotatable bonds is 3. The molecule has 2 aliphatic rings. The Bertz CT molecular complexity index is 211. The van der Waals surface area contributed by atoms with Crippen LogP contribution in [0.2, 0.25) is 0 Å². The van der Waals surface area contributed by atoms with Gasteiger partial charge in [0.05, 0.1) is 0 Å². The molecule has 0 bridgehead atoms. The summed E-state index contributed by atoms with van der Waals surface area (Å²) >= 11 is 0. The van der Waals surface area contributed by atoms with E-state index in [0.29, 0.717) is 6.61 Å². The summed E-state index contributed by atoms with van der Waals surface area (Å²) < 4.78 is 0. The fourth-order valence-corrected chi connectivity index (χ4v) is 2.56. The molecule has 1 nitrogen and oxygen atoms in total. The maximum absolute atomic E-state index is 9.42. The topological polar surface area (TPSA) is 20.2 Å². The van der Waals surface area contributed by atoms with Crippen LogP contribution in [0.3, 0.4) is 0 Å². The maximum atomic E-state index is 9.42. The zero-order chi connectivity index (χ0) is 9.15. The van der Waals surface area contributed by atoms with E-state index < -0.39 is 0 Å². The molecule has 0 spiro atoms. The van der Waals surface area contributed by atoms with Gasteiger partial charge in [0, 0.05) is 12.0 Å². The van der Waals surface area contributed by atoms with Gasteiger partial charge in [-0.3, -0.25) is 0 Å². The Labute approximate surface area is 80.2 Å². The lowest BCUT2D eigenvalue weighted by atomic mass is 9.77. The zero-order valence-corrected chi connectivity index (χ0v) is 8.08. The van der Waals surface area contributed by atoms with Gasteiger partial charge < -0.3 is 5.11 Å². The molecule has 0 heterocycles. The van der Waals surface area contributed by atoms with Crippen molar-refractivity contribution in [3.8, 4) is 0 Å². The highest BCUT2D eigenvalue weighted by Gasteiger charge is 2.32. The maximum Gasteiger partial charge on any atom is 0.0493 e. The summed E-state index contributed by atoms with van der Waals surface area (Å²) in [4.78, 5) is 0. The minimum absolute atomic E-state index is 0.205. The zero-order valence-electron chi connectivity index (χ0n) is 8.08. The van der Waals surface area contributed by atoms with Crippen molar-refractivity contribution in [2.75, 3.05) is 6.61 Å². The van der Waals surface area contributed by atoms with Gasteiger partial charge in [0.15, 0.2) is 0 Å². The second-order valence-electron chi connectivity index (χ2n) is 4.55. The highest BCUT2D eigenvalue weighted by molar-refractivity contribution is 5.05. The predicted octanol–water partition coefficient (Wildman–Crippen LogP) is 2.67. The van der Waals surface area contributed by atoms with Crippen molar-refractivity contribution >= 4 is 0 Å². The molecule has 2 rings (SSSR count). The molecule has 0 unspecified atom stereocenters. The van der Waals surface area contributed by atoms with Gasteiger partial charge in [-0.1, -0.05) is 24.3 Å². The van der Waals surface area contributed by atoms with Gasteiger partial charge in [0.25, 0.3) is 0 Å². The van der Waals surface area contributed by atoms with Crippen LogP contribution in [0.1, 0.15) is 32.1 Å². The highest BCUT2D eigenvalue weighted by Crippen LogP contribution is 2.41. The van der Waals surface area contributed by atoms with Gasteiger partial charge in [-0.05, 0) is 38.0 Å². The lowest BCUT2D eigenvalue weighted by molar-refractivity contribution is 0.109. The van der Waals surface area contributed by atoms with E-state index in [9.17, 15) is 5.11 Å². The molecule has 0 aromatic heterocycles. The van der Waals surface area contributed by atoms with Gasteiger partial charge in [-0.15, -0.1) is 0 Å². The van der Waals surface area contributed by atoms with Crippen LogP contribution in [0.25, 0.3) is 0 Å². The lowest BCUT2D eigenvalue weighted by Gasteiger charge is -2.29. The third-order valence-corrected chi connectivity index (χ3v) is 3.43. The Morgan fingerprint density at radius 1 is 1.08 bits per heavy atom. The molecule has 0 aromatic carbocycles. The minimum Gasteiger partial charge on any atom is -0.396 e. The Hall–Kier alpha value is -0.560. The number of hydrogen-bond donors (Lipinski definition) is 1. The average molecular weight is 178 g/mol. The second kappa shape index (κ2) is 3.67. The second-order valence-corrected chi connectivity index (χ2v) is 4.55. The van der Waals surface area contributed by atoms with Crippen molar-refractivity contribution < 1.29 is 5.11 Å². The van der Waals surface area contributed by atoms with Crippen LogP contribution in [-0.4, -0.2) is 11.7 Å². The summed E-state index contributed by atoms with van der Waals surface area (Å²) in [5.74, 6) is 0.798. The summed E-state index contributed by atoms with van der Waals surface area (Å²) in [6.45, 7) is 0.358. The van der Waals surface area contributed by atoms with Crippen LogP contribution >= 0.6 is 0 Å². The third kappa shape index (κ3) is 1.86. The van der Waals surface area contributed by atoms with Crippen molar-refractivity contribution in [3.05, 3.63) is 24.3 Å². The van der Waals surface area contributed by atoms with Crippen molar-refractivity contribution in [2.45, 2.75) is 32.1 Å². The first-order valence-corrected chi connectivity index (χ1v) is 5.25. The molecule has 1 N–H and O–H groups in total. The van der Waals surface area contributed by atoms with Gasteiger partial charge in [-0.2, -0.15) is 0 Å². The van der Waals surface area contributed by atoms with Crippen LogP contribution < -0.4 is 0 Å². The summed E-state index contributed by atoms with van der Waals surface area (Å²) in [6.07, 6.45) is 14.8. The van der Waals surface area contributed by atoms with E-state index in [0.717, 1.165) is 18.8 Å². The van der Waals surface area contributed by atoms with Crippen molar-refractivity contribution in [1.29, 1.82) is 0 Å². The normalized spacial score (nSPS) is 25.9. The molecule has 0 saturated carbocycles. The molecular weight excluding hydrogens is 160 g/mol. The monoisotopic (exact) mass is 178 g/mol. The Kier molecular flexibility index (Phi) is 2.54. The molecule has 13 heavy (non-hydrogen) atoms. The molecule has 1 heteroatoms. The van der Waals surface area contributed by atoms with Gasteiger partial charge >= 0.3 is 0 Å². The number of aliphatic hydroxyl groups is 1. The molecule has 72 valence electrons. The third-order valence-electron chi connectivity index (χ3n) is 3.43. The highest BCUT2D eigenvalue weighted by atomic mass is 16.3. The average Bonchev–Trinajstić information content (AvgIpc) is 2.77. The molecule has 0 amide bonds. The SMILES string of the molecule is OCC1(CC2CC=CC2)CC=CC1. The molecular formula is C12H18O. The number of aliphatic hydroxyl groups excluding tert-OH is 1. The largest absolute Gasteiger partial charge is 0.396 e. The smallest absolute Gasteiger partial charge is 0.0493 e. The molecule has 0 fully saturated rings. The minimum atomic E-state index is 0.205. The van der Waals surface area contributed by atoms with E-state index in [1.807, 2.05) is 0 Å². The first-order valence-electron chi connectivity index (χ1n) is 5.25. The van der Waals surface area contributed by atoms with Gasteiger partial charge in [0.2, 0.25) is 0 Å². The summed E-state index contributed by atoms with van der Waals surface area (Å²) in [6, 6.07) is 0. The van der Waals surface area contributed by atoms with Crippen molar-refractivity contribution in [3.63, 3.8) is 0 Å². The van der Waals surface area contributed by atoms with Crippen molar-refractivity contribution in [2.24, 2.45) is 11.3 Å². The fourth-order valence-electron chi connectivity index (χ4n) is 2.56. The number of hydrogen-bond acceptors (Lipinski definition) is 1. The van der Waals surface area contributed by atoms with Crippen LogP contribution in [-0.2, 0) is 0 Å². The van der Waals surface area contributed by atoms with E-state index >= 15 is 0 Å². The molecule has 0 aromatic rings. The summed E-state index contributed by atoms with van der Waals surface area (Å²) in [5, 5.41) is 9.42. The van der Waals surface area contributed by atoms with Crippen LogP contribution in [0.15, 0.2) is 24.3 Å². The van der Waals surface area contributed by atoms with Gasteiger partial charge in [-0.25, -0.2) is 0 Å². The Morgan fingerprint density at radius 2 is 1.69 bits per heavy atom. The van der Waals surface area contributed by atoms with E-state index in [4.69, 9.17) is 0 Å². The summed E-state index contributed by atoms with van der Waals surface area (Å²) in [5.41, 5.74) is 0.205. The molecule has 0 radical (unpaired) electrons. The van der Waals surface area contributed by atoms with Crippen LogP contribution in [0.5, 0.6) is 0 Å². The standard InChI is InChI=1S/C12H18O/c13-10-12(7-3-4-8-12)9-11-5-1-2-6-11/h1-4,11,13H,5-10H2.